The predicted octanol–water partition coefficient (Wildman–Crippen LogP) is 2.68. The lowest BCUT2D eigenvalue weighted by atomic mass is 10.3. The van der Waals surface area contributed by atoms with E-state index in [1.54, 1.807) is 6.92 Å². The monoisotopic (exact) mass is 268 g/mol. The number of nitrogens with one attached hydrogen (secondary N) is 1. The molecular formula is C9H11F3N2O2S. The molecule has 0 saturated carbocycles. The lowest BCUT2D eigenvalue weighted by Crippen LogP contribution is -2.32. The van der Waals surface area contributed by atoms with Crippen molar-refractivity contribution >= 4 is 22.4 Å². The second-order valence-corrected chi connectivity index (χ2v) is 4.19. The molecule has 0 fully saturated rings. The quantitative estimate of drug-likeness (QED) is 0.853. The summed E-state index contributed by atoms with van der Waals surface area (Å²) in [5.41, 5.74) is 0. The zero-order chi connectivity index (χ0) is 13.1. The third-order valence-corrected chi connectivity index (χ3v) is 2.72. The minimum Gasteiger partial charge on any atom is -0.462 e. The molecule has 0 amide bonds. The van der Waals surface area contributed by atoms with Crippen molar-refractivity contribution in [2.45, 2.75) is 26.1 Å². The van der Waals surface area contributed by atoms with Crippen molar-refractivity contribution in [3.05, 3.63) is 11.1 Å². The first-order chi connectivity index (χ1) is 7.84. The number of hydrogen-bond acceptors (Lipinski definition) is 5. The maximum absolute atomic E-state index is 12.2. The summed E-state index contributed by atoms with van der Waals surface area (Å²) in [7, 11) is 0. The first-order valence-corrected chi connectivity index (χ1v) is 5.62. The van der Waals surface area contributed by atoms with Crippen LogP contribution in [0.25, 0.3) is 0 Å². The Kier molecular flexibility index (Phi) is 4.33. The Hall–Kier alpha value is -1.31. The molecule has 1 unspecified atom stereocenters. The molecule has 1 rings (SSSR count). The smallest absolute Gasteiger partial charge is 0.408 e. The predicted molar refractivity (Wildman–Crippen MR) is 57.2 cm³/mol. The van der Waals surface area contributed by atoms with Crippen LogP contribution in [0, 0.1) is 0 Å². The summed E-state index contributed by atoms with van der Waals surface area (Å²) in [6.45, 7) is 2.83. The zero-order valence-corrected chi connectivity index (χ0v) is 9.98. The number of nitrogens with zero attached hydrogens (tertiary/aromatic N) is 1. The average Bonchev–Trinajstić information content (AvgIpc) is 2.65. The Morgan fingerprint density at radius 3 is 2.82 bits per heavy atom. The first kappa shape index (κ1) is 13.8. The number of esters is 1. The molecule has 0 spiro atoms. The highest BCUT2D eigenvalue weighted by Gasteiger charge is 2.36. The SMILES string of the molecule is CCOC(=O)c1cnc(NC(C)C(F)(F)F)s1. The van der Waals surface area contributed by atoms with Gasteiger partial charge < -0.3 is 10.1 Å². The van der Waals surface area contributed by atoms with Gasteiger partial charge in [-0.25, -0.2) is 9.78 Å². The molecule has 1 aromatic rings. The highest BCUT2D eigenvalue weighted by Crippen LogP contribution is 2.26. The summed E-state index contributed by atoms with van der Waals surface area (Å²) >= 11 is 0.829. The van der Waals surface area contributed by atoms with Crippen molar-refractivity contribution in [3.8, 4) is 0 Å². The van der Waals surface area contributed by atoms with E-state index >= 15 is 0 Å². The second kappa shape index (κ2) is 5.35. The summed E-state index contributed by atoms with van der Waals surface area (Å²) < 4.78 is 41.4. The van der Waals surface area contributed by atoms with Gasteiger partial charge in [0.1, 0.15) is 10.9 Å². The maximum Gasteiger partial charge on any atom is 0.408 e. The topological polar surface area (TPSA) is 51.2 Å². The third kappa shape index (κ3) is 3.88. The van der Waals surface area contributed by atoms with E-state index in [1.807, 2.05) is 0 Å². The number of alkyl halides is 3. The molecule has 1 N–H and O–H groups in total. The van der Waals surface area contributed by atoms with Gasteiger partial charge in [-0.2, -0.15) is 13.2 Å². The van der Waals surface area contributed by atoms with Crippen molar-refractivity contribution in [2.24, 2.45) is 0 Å². The molecule has 0 bridgehead atoms. The van der Waals surface area contributed by atoms with Crippen molar-refractivity contribution < 1.29 is 22.7 Å². The maximum atomic E-state index is 12.2. The van der Waals surface area contributed by atoms with Gasteiger partial charge in [0.2, 0.25) is 0 Å². The minimum atomic E-state index is -4.35. The average molecular weight is 268 g/mol. The molecule has 1 aromatic heterocycles. The first-order valence-electron chi connectivity index (χ1n) is 4.80. The van der Waals surface area contributed by atoms with Gasteiger partial charge in [-0.1, -0.05) is 11.3 Å². The van der Waals surface area contributed by atoms with Crippen molar-refractivity contribution in [2.75, 3.05) is 11.9 Å². The molecule has 1 heterocycles. The highest BCUT2D eigenvalue weighted by molar-refractivity contribution is 7.17. The standard InChI is InChI=1S/C9H11F3N2O2S/c1-3-16-7(15)6-4-13-8(17-6)14-5(2)9(10,11)12/h4-5H,3H2,1-2H3,(H,13,14). The van der Waals surface area contributed by atoms with Crippen molar-refractivity contribution in [1.29, 1.82) is 0 Å². The van der Waals surface area contributed by atoms with Crippen molar-refractivity contribution in [3.63, 3.8) is 0 Å². The Morgan fingerprint density at radius 1 is 1.65 bits per heavy atom. The van der Waals surface area contributed by atoms with E-state index in [2.05, 4.69) is 10.3 Å². The zero-order valence-electron chi connectivity index (χ0n) is 9.17. The third-order valence-electron chi connectivity index (χ3n) is 1.81. The van der Waals surface area contributed by atoms with E-state index in [9.17, 15) is 18.0 Å². The molecule has 17 heavy (non-hydrogen) atoms. The molecule has 96 valence electrons. The summed E-state index contributed by atoms with van der Waals surface area (Å²) in [6, 6.07) is -1.72. The number of rotatable bonds is 4. The van der Waals surface area contributed by atoms with Crippen LogP contribution in [0.5, 0.6) is 0 Å². The fourth-order valence-electron chi connectivity index (χ4n) is 0.904. The minimum absolute atomic E-state index is 0.0397. The molecule has 0 saturated heterocycles. The van der Waals surface area contributed by atoms with E-state index in [4.69, 9.17) is 4.74 Å². The van der Waals surface area contributed by atoms with E-state index in [1.165, 1.54) is 6.20 Å². The number of carbonyl (C=O) groups is 1. The summed E-state index contributed by atoms with van der Waals surface area (Å²) in [4.78, 5) is 15.1. The molecule has 4 nitrogen and oxygen atoms in total. The van der Waals surface area contributed by atoms with Crippen LogP contribution in [0.4, 0.5) is 18.3 Å². The summed E-state index contributed by atoms with van der Waals surface area (Å²) in [5, 5.41) is 2.21. The Balaban J connectivity index is 2.66. The molecule has 1 atom stereocenters. The van der Waals surface area contributed by atoms with E-state index in [-0.39, 0.29) is 16.6 Å². The fraction of sp³-hybridized carbons (Fsp3) is 0.556. The number of anilines is 1. The van der Waals surface area contributed by atoms with Crippen molar-refractivity contribution in [1.82, 2.24) is 4.98 Å². The largest absolute Gasteiger partial charge is 0.462 e. The molecule has 0 aliphatic carbocycles. The Labute approximate surface area is 99.8 Å². The van der Waals surface area contributed by atoms with E-state index < -0.39 is 18.2 Å². The number of halogens is 3. The van der Waals surface area contributed by atoms with E-state index in [0.717, 1.165) is 18.3 Å². The van der Waals surface area contributed by atoms with Gasteiger partial charge in [-0.3, -0.25) is 0 Å². The summed E-state index contributed by atoms with van der Waals surface area (Å²) in [6.07, 6.45) is -3.16. The molecule has 8 heteroatoms. The number of thiazole rings is 1. The van der Waals surface area contributed by atoms with Gasteiger partial charge in [0.15, 0.2) is 5.13 Å². The van der Waals surface area contributed by atoms with Crippen LogP contribution in [-0.2, 0) is 4.74 Å². The normalized spacial score (nSPS) is 13.2. The fourth-order valence-corrected chi connectivity index (χ4v) is 1.70. The molecule has 0 aliphatic rings. The molecule has 0 aliphatic heterocycles. The van der Waals surface area contributed by atoms with Gasteiger partial charge in [0.05, 0.1) is 12.8 Å². The van der Waals surface area contributed by atoms with Gasteiger partial charge in [0.25, 0.3) is 0 Å². The van der Waals surface area contributed by atoms with Crippen LogP contribution in [0.1, 0.15) is 23.5 Å². The Bertz CT molecular complexity index is 392. The van der Waals surface area contributed by atoms with Crippen LogP contribution in [0.3, 0.4) is 0 Å². The van der Waals surface area contributed by atoms with Gasteiger partial charge in [0, 0.05) is 0 Å². The van der Waals surface area contributed by atoms with Crippen LogP contribution in [0.2, 0.25) is 0 Å². The van der Waals surface area contributed by atoms with Gasteiger partial charge in [-0.15, -0.1) is 0 Å². The van der Waals surface area contributed by atoms with Gasteiger partial charge >= 0.3 is 12.1 Å². The number of ether oxygens (including phenoxy) is 1. The van der Waals surface area contributed by atoms with Crippen LogP contribution < -0.4 is 5.32 Å². The molecule has 0 radical (unpaired) electrons. The summed E-state index contributed by atoms with van der Waals surface area (Å²) in [5.74, 6) is -0.585. The van der Waals surface area contributed by atoms with Crippen LogP contribution in [-0.4, -0.2) is 29.8 Å². The van der Waals surface area contributed by atoms with Gasteiger partial charge in [-0.05, 0) is 13.8 Å². The van der Waals surface area contributed by atoms with E-state index in [0.29, 0.717) is 0 Å². The number of aromatic nitrogens is 1. The second-order valence-electron chi connectivity index (χ2n) is 3.16. The number of hydrogen-bond donors (Lipinski definition) is 1. The molecular weight excluding hydrogens is 257 g/mol. The van der Waals surface area contributed by atoms with Crippen LogP contribution in [0.15, 0.2) is 6.20 Å². The van der Waals surface area contributed by atoms with Crippen LogP contribution >= 0.6 is 11.3 Å². The highest BCUT2D eigenvalue weighted by atomic mass is 32.1. The Morgan fingerprint density at radius 2 is 2.29 bits per heavy atom. The lowest BCUT2D eigenvalue weighted by Gasteiger charge is -2.15. The number of carbonyl (C=O) groups excluding carboxylic acids is 1. The lowest BCUT2D eigenvalue weighted by molar-refractivity contribution is -0.138. The molecule has 0 aromatic carbocycles.